The smallest absolute Gasteiger partial charge is 0.240 e. The maximum Gasteiger partial charge on any atom is 0.240 e. The van der Waals surface area contributed by atoms with Gasteiger partial charge in [0.25, 0.3) is 0 Å². The highest BCUT2D eigenvalue weighted by molar-refractivity contribution is 6.74. The zero-order valence-corrected chi connectivity index (χ0v) is 20.0. The Morgan fingerprint density at radius 2 is 1.93 bits per heavy atom. The predicted octanol–water partition coefficient (Wildman–Crippen LogP) is 5.09. The molecular weight excluding hydrogens is 408 g/mol. The molecule has 1 heterocycles. The van der Waals surface area contributed by atoms with Crippen molar-refractivity contribution in [1.29, 1.82) is 0 Å². The van der Waals surface area contributed by atoms with Gasteiger partial charge in [-0.3, -0.25) is 4.79 Å². The number of nitrogens with zero attached hydrogens (tertiary/aromatic N) is 1. The van der Waals surface area contributed by atoms with Gasteiger partial charge in [-0.05, 0) is 43.1 Å². The van der Waals surface area contributed by atoms with Crippen molar-refractivity contribution >= 4 is 31.5 Å². The van der Waals surface area contributed by atoms with E-state index in [4.69, 9.17) is 20.8 Å². The lowest BCUT2D eigenvalue weighted by Gasteiger charge is -2.36. The van der Waals surface area contributed by atoms with Gasteiger partial charge in [-0.25, -0.2) is 5.43 Å². The molecule has 0 saturated carbocycles. The maximum atomic E-state index is 11.4. The van der Waals surface area contributed by atoms with Crippen LogP contribution in [0.5, 0.6) is 11.5 Å². The van der Waals surface area contributed by atoms with Crippen LogP contribution in [0.25, 0.3) is 0 Å². The average molecular weight is 441 g/mol. The Labute approximate surface area is 179 Å². The molecule has 1 aliphatic heterocycles. The van der Waals surface area contributed by atoms with E-state index in [0.29, 0.717) is 30.1 Å². The van der Waals surface area contributed by atoms with Gasteiger partial charge in [0.2, 0.25) is 5.91 Å². The normalized spacial score (nSPS) is 17.7. The number of nitrogens with one attached hydrogen (secondary N) is 1. The molecule has 0 radical (unpaired) electrons. The third kappa shape index (κ3) is 5.96. The molecule has 2 rings (SSSR count). The third-order valence-electron chi connectivity index (χ3n) is 5.68. The van der Waals surface area contributed by atoms with Gasteiger partial charge in [-0.2, -0.15) is 5.10 Å². The molecule has 0 spiro atoms. The second kappa shape index (κ2) is 9.49. The lowest BCUT2D eigenvalue weighted by atomic mass is 9.93. The first-order chi connectivity index (χ1) is 13.4. The van der Waals surface area contributed by atoms with Crippen molar-refractivity contribution in [2.24, 2.45) is 11.0 Å². The van der Waals surface area contributed by atoms with Crippen molar-refractivity contribution in [3.63, 3.8) is 0 Å². The Morgan fingerprint density at radius 3 is 2.55 bits per heavy atom. The van der Waals surface area contributed by atoms with E-state index in [9.17, 15) is 9.90 Å². The first kappa shape index (κ1) is 23.7. The van der Waals surface area contributed by atoms with Crippen LogP contribution in [0.15, 0.2) is 17.2 Å². The average Bonchev–Trinajstić information content (AvgIpc) is 2.61. The molecule has 1 aliphatic rings. The summed E-state index contributed by atoms with van der Waals surface area (Å²) in [4.78, 5) is 11.4. The summed E-state index contributed by atoms with van der Waals surface area (Å²) in [6.07, 6.45) is 2.07. The van der Waals surface area contributed by atoms with Gasteiger partial charge >= 0.3 is 0 Å². The molecule has 29 heavy (non-hydrogen) atoms. The lowest BCUT2D eigenvalue weighted by Crippen LogP contribution is -2.41. The summed E-state index contributed by atoms with van der Waals surface area (Å²) in [6, 6.07) is 3.46. The molecule has 6 nitrogen and oxygen atoms in total. The number of phenols is 1. The fraction of sp³-hybridized carbons (Fsp3) is 0.619. The van der Waals surface area contributed by atoms with Crippen molar-refractivity contribution in [3.8, 4) is 11.5 Å². The van der Waals surface area contributed by atoms with Gasteiger partial charge < -0.3 is 14.3 Å². The molecule has 0 aliphatic carbocycles. The molecular formula is C21H33ClN2O4Si. The van der Waals surface area contributed by atoms with E-state index in [1.807, 2.05) is 6.92 Å². The molecule has 0 bridgehead atoms. The van der Waals surface area contributed by atoms with Crippen LogP contribution in [-0.2, 0) is 9.22 Å². The van der Waals surface area contributed by atoms with Crippen molar-refractivity contribution in [3.05, 3.63) is 22.7 Å². The predicted molar refractivity (Wildman–Crippen MR) is 119 cm³/mol. The van der Waals surface area contributed by atoms with Crippen LogP contribution in [-0.4, -0.2) is 38.3 Å². The number of halogens is 1. The Morgan fingerprint density at radius 1 is 1.28 bits per heavy atom. The Kier molecular flexibility index (Phi) is 7.76. The number of hydrogen-bond acceptors (Lipinski definition) is 5. The lowest BCUT2D eigenvalue weighted by molar-refractivity contribution is -0.121. The van der Waals surface area contributed by atoms with Crippen molar-refractivity contribution in [2.45, 2.75) is 65.1 Å². The van der Waals surface area contributed by atoms with Crippen molar-refractivity contribution in [1.82, 2.24) is 5.43 Å². The Balaban J connectivity index is 1.88. The highest BCUT2D eigenvalue weighted by Crippen LogP contribution is 2.38. The minimum Gasteiger partial charge on any atom is -0.506 e. The standard InChI is InChI=1S/C21H33ClN2O4Si/c1-14-13-17(25)23-24-19(14)15-9-10-16(18(22)20(15)26)27-11-7-8-12-28-29(5,6)21(2,3)4/h9-10,14,26H,7-8,11-13H2,1-6H3,(H,23,25). The minimum atomic E-state index is -1.71. The topological polar surface area (TPSA) is 80.2 Å². The molecule has 1 unspecified atom stereocenters. The van der Waals surface area contributed by atoms with E-state index in [2.05, 4.69) is 44.4 Å². The minimum absolute atomic E-state index is 0.0767. The van der Waals surface area contributed by atoms with Crippen LogP contribution in [0.4, 0.5) is 0 Å². The summed E-state index contributed by atoms with van der Waals surface area (Å²) in [5.41, 5.74) is 3.57. The van der Waals surface area contributed by atoms with E-state index in [-0.39, 0.29) is 27.6 Å². The first-order valence-electron chi connectivity index (χ1n) is 10.1. The second-order valence-electron chi connectivity index (χ2n) is 9.08. The van der Waals surface area contributed by atoms with E-state index in [1.165, 1.54) is 0 Å². The fourth-order valence-corrected chi connectivity index (χ4v) is 4.08. The van der Waals surface area contributed by atoms with E-state index in [0.717, 1.165) is 19.4 Å². The van der Waals surface area contributed by atoms with Gasteiger partial charge in [-0.15, -0.1) is 0 Å². The molecule has 1 aromatic rings. The van der Waals surface area contributed by atoms with Gasteiger partial charge in [0, 0.05) is 24.5 Å². The Bertz CT molecular complexity index is 775. The largest absolute Gasteiger partial charge is 0.506 e. The van der Waals surface area contributed by atoms with Gasteiger partial charge in [0.15, 0.2) is 8.32 Å². The van der Waals surface area contributed by atoms with Gasteiger partial charge in [0.1, 0.15) is 16.5 Å². The number of hydrogen-bond donors (Lipinski definition) is 2. The van der Waals surface area contributed by atoms with Crippen LogP contribution >= 0.6 is 11.6 Å². The first-order valence-corrected chi connectivity index (χ1v) is 13.4. The molecule has 1 amide bonds. The van der Waals surface area contributed by atoms with Crippen LogP contribution < -0.4 is 10.2 Å². The number of aromatic hydroxyl groups is 1. The van der Waals surface area contributed by atoms with E-state index in [1.54, 1.807) is 12.1 Å². The summed E-state index contributed by atoms with van der Waals surface area (Å²) in [7, 11) is -1.71. The molecule has 0 aromatic heterocycles. The monoisotopic (exact) mass is 440 g/mol. The fourth-order valence-electron chi connectivity index (χ4n) is 2.77. The summed E-state index contributed by atoms with van der Waals surface area (Å²) in [5, 5.41) is 14.9. The number of ether oxygens (including phenoxy) is 1. The molecule has 8 heteroatoms. The summed E-state index contributed by atoms with van der Waals surface area (Å²) in [6.45, 7) is 14.3. The Hall–Kier alpha value is -1.57. The third-order valence-corrected chi connectivity index (χ3v) is 10.6. The molecule has 1 aromatic carbocycles. The number of phenolic OH excluding ortho intramolecular Hbond substituents is 1. The van der Waals surface area contributed by atoms with E-state index < -0.39 is 8.32 Å². The number of rotatable bonds is 8. The van der Waals surface area contributed by atoms with Crippen LogP contribution in [0.3, 0.4) is 0 Å². The van der Waals surface area contributed by atoms with Crippen molar-refractivity contribution in [2.75, 3.05) is 13.2 Å². The van der Waals surface area contributed by atoms with Gasteiger partial charge in [0.05, 0.1) is 12.3 Å². The summed E-state index contributed by atoms with van der Waals surface area (Å²) < 4.78 is 11.9. The number of carbonyl (C=O) groups is 1. The molecule has 1 atom stereocenters. The zero-order chi connectivity index (χ0) is 21.8. The zero-order valence-electron chi connectivity index (χ0n) is 18.3. The SMILES string of the molecule is CC1CC(=O)NN=C1c1ccc(OCCCCO[Si](C)(C)C(C)(C)C)c(Cl)c1O. The summed E-state index contributed by atoms with van der Waals surface area (Å²) >= 11 is 6.31. The maximum absolute atomic E-state index is 11.4. The number of amides is 1. The number of benzene rings is 1. The molecule has 0 fully saturated rings. The highest BCUT2D eigenvalue weighted by Gasteiger charge is 2.36. The van der Waals surface area contributed by atoms with Gasteiger partial charge in [-0.1, -0.05) is 39.3 Å². The summed E-state index contributed by atoms with van der Waals surface area (Å²) in [5.74, 6) is 0.126. The molecule has 2 N–H and O–H groups in total. The van der Waals surface area contributed by atoms with Crippen LogP contribution in [0.2, 0.25) is 23.2 Å². The molecule has 0 saturated heterocycles. The number of unbranched alkanes of at least 4 members (excludes halogenated alkanes) is 1. The highest BCUT2D eigenvalue weighted by atomic mass is 35.5. The van der Waals surface area contributed by atoms with E-state index >= 15 is 0 Å². The second-order valence-corrected chi connectivity index (χ2v) is 14.3. The number of carbonyl (C=O) groups excluding carboxylic acids is 1. The quantitative estimate of drug-likeness (QED) is 0.436. The van der Waals surface area contributed by atoms with Crippen molar-refractivity contribution < 1.29 is 19.1 Å². The molecule has 162 valence electrons. The van der Waals surface area contributed by atoms with Crippen LogP contribution in [0.1, 0.15) is 52.5 Å². The number of hydrazone groups is 1. The van der Waals surface area contributed by atoms with Crippen LogP contribution in [0, 0.1) is 5.92 Å².